The number of hydrogen-bond acceptors (Lipinski definition) is 6. The number of thiophene rings is 1. The predicted octanol–water partition coefficient (Wildman–Crippen LogP) is 6.57. The summed E-state index contributed by atoms with van der Waals surface area (Å²) in [6.45, 7) is 3.76. The smallest absolute Gasteiger partial charge is 0.267 e. The van der Waals surface area contributed by atoms with Gasteiger partial charge >= 0.3 is 0 Å². The zero-order chi connectivity index (χ0) is 26.1. The van der Waals surface area contributed by atoms with E-state index in [4.69, 9.17) is 28.2 Å². The second kappa shape index (κ2) is 11.0. The molecule has 1 aliphatic carbocycles. The number of hydrogen-bond donors (Lipinski definition) is 1. The molecule has 0 unspecified atom stereocenters. The van der Waals surface area contributed by atoms with Crippen molar-refractivity contribution in [2.75, 3.05) is 5.75 Å². The van der Waals surface area contributed by atoms with Gasteiger partial charge in [-0.15, -0.1) is 11.3 Å². The van der Waals surface area contributed by atoms with Crippen LogP contribution in [0.4, 0.5) is 0 Å². The quantitative estimate of drug-likeness (QED) is 0.123. The topological polar surface area (TPSA) is 76.3 Å². The molecule has 2 aromatic carbocycles. The molecule has 1 aliphatic rings. The van der Waals surface area contributed by atoms with Crippen molar-refractivity contribution in [1.82, 2.24) is 15.0 Å². The second-order valence-corrected chi connectivity index (χ2v) is 11.8. The van der Waals surface area contributed by atoms with Crippen LogP contribution < -0.4 is 11.0 Å². The Bertz CT molecular complexity index is 1590. The molecule has 0 bridgehead atoms. The van der Waals surface area contributed by atoms with E-state index >= 15 is 0 Å². The van der Waals surface area contributed by atoms with Crippen LogP contribution in [-0.2, 0) is 17.6 Å². The van der Waals surface area contributed by atoms with Crippen molar-refractivity contribution in [3.8, 4) is 5.69 Å². The third kappa shape index (κ3) is 5.48. The van der Waals surface area contributed by atoms with Crippen LogP contribution in [0.1, 0.15) is 41.3 Å². The number of thioether (sulfide) groups is 1. The Kier molecular flexibility index (Phi) is 7.72. The van der Waals surface area contributed by atoms with Gasteiger partial charge in [-0.05, 0) is 69.4 Å². The Balaban J connectivity index is 1.43. The predicted molar refractivity (Wildman–Crippen MR) is 154 cm³/mol. The van der Waals surface area contributed by atoms with Crippen LogP contribution >= 0.6 is 46.3 Å². The molecule has 2 heterocycles. The molecule has 0 fully saturated rings. The molecule has 0 atom stereocenters. The zero-order valence-electron chi connectivity index (χ0n) is 20.3. The van der Waals surface area contributed by atoms with Gasteiger partial charge in [0.1, 0.15) is 4.83 Å². The molecule has 1 amide bonds. The molecular weight excluding hydrogens is 547 g/mol. The number of fused-ring (bicyclic) bond motifs is 3. The van der Waals surface area contributed by atoms with Gasteiger partial charge in [0.25, 0.3) is 11.5 Å². The van der Waals surface area contributed by atoms with E-state index in [0.29, 0.717) is 31.9 Å². The number of carbonyl (C=O) groups excluding carboxylic acids is 1. The first-order valence-corrected chi connectivity index (χ1v) is 14.4. The number of amides is 1. The van der Waals surface area contributed by atoms with Gasteiger partial charge in [-0.2, -0.15) is 5.10 Å². The number of halogens is 2. The standard InChI is InChI=1S/C27H24Cl2N4O2S2/c1-15-7-10-18(11-8-15)33-26(35)24-20-5-3-4-6-22(20)37-25(24)30-27(33)36-14-23(34)32-31-16(2)19-12-9-17(28)13-21(19)29/h7-13H,3-6,14H2,1-2H3,(H,32,34)/b31-16+. The number of aromatic nitrogens is 2. The van der Waals surface area contributed by atoms with E-state index in [9.17, 15) is 9.59 Å². The zero-order valence-corrected chi connectivity index (χ0v) is 23.5. The largest absolute Gasteiger partial charge is 0.272 e. The molecular formula is C27H24Cl2N4O2S2. The molecule has 0 radical (unpaired) electrons. The molecule has 0 spiro atoms. The Morgan fingerprint density at radius 3 is 2.68 bits per heavy atom. The Labute approximate surface area is 232 Å². The summed E-state index contributed by atoms with van der Waals surface area (Å²) in [4.78, 5) is 33.4. The van der Waals surface area contributed by atoms with Crippen molar-refractivity contribution in [3.05, 3.63) is 84.4 Å². The summed E-state index contributed by atoms with van der Waals surface area (Å²) >= 11 is 15.0. The minimum Gasteiger partial charge on any atom is -0.272 e. The van der Waals surface area contributed by atoms with Crippen LogP contribution in [0.3, 0.4) is 0 Å². The van der Waals surface area contributed by atoms with Crippen molar-refractivity contribution >= 4 is 68.1 Å². The monoisotopic (exact) mass is 570 g/mol. The first-order valence-electron chi connectivity index (χ1n) is 11.9. The fraction of sp³-hybridized carbons (Fsp3) is 0.259. The van der Waals surface area contributed by atoms with Crippen molar-refractivity contribution in [2.45, 2.75) is 44.7 Å². The maximum atomic E-state index is 13.8. The maximum absolute atomic E-state index is 13.8. The van der Waals surface area contributed by atoms with Crippen molar-refractivity contribution in [2.24, 2.45) is 5.10 Å². The number of nitrogens with zero attached hydrogens (tertiary/aromatic N) is 3. The van der Waals surface area contributed by atoms with Gasteiger partial charge < -0.3 is 0 Å². The molecule has 190 valence electrons. The van der Waals surface area contributed by atoms with Crippen LogP contribution in [0.15, 0.2) is 57.5 Å². The normalized spacial score (nSPS) is 13.6. The van der Waals surface area contributed by atoms with Gasteiger partial charge in [-0.1, -0.05) is 58.7 Å². The summed E-state index contributed by atoms with van der Waals surface area (Å²) in [5.74, 6) is -0.273. The highest BCUT2D eigenvalue weighted by atomic mass is 35.5. The van der Waals surface area contributed by atoms with E-state index in [1.165, 1.54) is 16.6 Å². The Morgan fingerprint density at radius 1 is 1.16 bits per heavy atom. The van der Waals surface area contributed by atoms with E-state index in [1.54, 1.807) is 41.0 Å². The summed E-state index contributed by atoms with van der Waals surface area (Å²) < 4.78 is 1.63. The second-order valence-electron chi connectivity index (χ2n) is 8.91. The average Bonchev–Trinajstić information content (AvgIpc) is 3.25. The average molecular weight is 572 g/mol. The molecule has 4 aromatic rings. The van der Waals surface area contributed by atoms with Gasteiger partial charge in [0.05, 0.1) is 27.6 Å². The van der Waals surface area contributed by atoms with Gasteiger partial charge in [0, 0.05) is 15.5 Å². The fourth-order valence-electron chi connectivity index (χ4n) is 4.36. The Hall–Kier alpha value is -2.65. The first kappa shape index (κ1) is 26.0. The van der Waals surface area contributed by atoms with E-state index < -0.39 is 0 Å². The summed E-state index contributed by atoms with van der Waals surface area (Å²) in [5.41, 5.74) is 6.70. The maximum Gasteiger partial charge on any atom is 0.267 e. The van der Waals surface area contributed by atoms with Crippen LogP contribution in [0, 0.1) is 6.92 Å². The van der Waals surface area contributed by atoms with E-state index in [0.717, 1.165) is 47.3 Å². The molecule has 5 rings (SSSR count). The minimum absolute atomic E-state index is 0.0417. The molecule has 0 saturated heterocycles. The van der Waals surface area contributed by atoms with Crippen molar-refractivity contribution in [1.29, 1.82) is 0 Å². The first-order chi connectivity index (χ1) is 17.8. The summed E-state index contributed by atoms with van der Waals surface area (Å²) in [7, 11) is 0. The highest BCUT2D eigenvalue weighted by Crippen LogP contribution is 2.35. The van der Waals surface area contributed by atoms with E-state index in [2.05, 4.69) is 10.5 Å². The molecule has 37 heavy (non-hydrogen) atoms. The molecule has 1 N–H and O–H groups in total. The lowest BCUT2D eigenvalue weighted by atomic mass is 9.97. The molecule has 0 aliphatic heterocycles. The Morgan fingerprint density at radius 2 is 1.92 bits per heavy atom. The summed E-state index contributed by atoms with van der Waals surface area (Å²) in [6.07, 6.45) is 4.11. The SMILES string of the molecule is C/C(=N\NC(=O)CSc1nc2sc3c(c2c(=O)n1-c1ccc(C)cc1)CCCC3)c1ccc(Cl)cc1Cl. The van der Waals surface area contributed by atoms with Crippen LogP contribution in [0.2, 0.25) is 10.0 Å². The number of benzene rings is 2. The third-order valence-corrected chi connectivity index (χ3v) is 8.92. The minimum atomic E-state index is -0.315. The lowest BCUT2D eigenvalue weighted by Crippen LogP contribution is -2.24. The molecule has 10 heteroatoms. The fourth-order valence-corrected chi connectivity index (χ4v) is 7.01. The number of nitrogens with one attached hydrogen (secondary N) is 1. The van der Waals surface area contributed by atoms with Crippen molar-refractivity contribution in [3.63, 3.8) is 0 Å². The van der Waals surface area contributed by atoms with Crippen LogP contribution in [0.5, 0.6) is 0 Å². The number of hydrazone groups is 1. The highest BCUT2D eigenvalue weighted by Gasteiger charge is 2.23. The van der Waals surface area contributed by atoms with Gasteiger partial charge in [0.2, 0.25) is 0 Å². The third-order valence-electron chi connectivity index (χ3n) is 6.25. The molecule has 2 aromatic heterocycles. The van der Waals surface area contributed by atoms with Crippen LogP contribution in [-0.4, -0.2) is 26.9 Å². The number of carbonyl (C=O) groups is 1. The van der Waals surface area contributed by atoms with E-state index in [1.807, 2.05) is 31.2 Å². The summed E-state index contributed by atoms with van der Waals surface area (Å²) in [5, 5.41) is 6.37. The summed E-state index contributed by atoms with van der Waals surface area (Å²) in [6, 6.07) is 12.9. The van der Waals surface area contributed by atoms with Crippen LogP contribution in [0.25, 0.3) is 15.9 Å². The number of aryl methyl sites for hydroxylation is 3. The van der Waals surface area contributed by atoms with E-state index in [-0.39, 0.29) is 17.2 Å². The molecule has 6 nitrogen and oxygen atoms in total. The van der Waals surface area contributed by atoms with Gasteiger partial charge in [-0.25, -0.2) is 10.4 Å². The number of rotatable bonds is 6. The van der Waals surface area contributed by atoms with Gasteiger partial charge in [-0.3, -0.25) is 14.2 Å². The van der Waals surface area contributed by atoms with Crippen molar-refractivity contribution < 1.29 is 4.79 Å². The highest BCUT2D eigenvalue weighted by molar-refractivity contribution is 7.99. The van der Waals surface area contributed by atoms with Gasteiger partial charge in [0.15, 0.2) is 5.16 Å². The lowest BCUT2D eigenvalue weighted by Gasteiger charge is -2.13. The molecule has 0 saturated carbocycles. The lowest BCUT2D eigenvalue weighted by molar-refractivity contribution is -0.118.